The fourth-order valence-electron chi connectivity index (χ4n) is 0.230. The number of alkyl halides is 4. The molecule has 0 rings (SSSR count). The van der Waals surface area contributed by atoms with Gasteiger partial charge in [0.2, 0.25) is 0 Å². The number of rotatable bonds is 3. The van der Waals surface area contributed by atoms with Crippen molar-refractivity contribution < 1.29 is 13.2 Å². The van der Waals surface area contributed by atoms with Crippen molar-refractivity contribution in [3.05, 3.63) is 0 Å². The van der Waals surface area contributed by atoms with Crippen LogP contribution in [0.2, 0.25) is 0 Å². The van der Waals surface area contributed by atoms with Gasteiger partial charge in [-0.25, -0.2) is 8.78 Å². The molecule has 0 aliphatic rings. The van der Waals surface area contributed by atoms with Crippen molar-refractivity contribution in [1.29, 1.82) is 0 Å². The van der Waals surface area contributed by atoms with Crippen LogP contribution in [0, 0.1) is 0 Å². The minimum atomic E-state index is -1.72. The molecular weight excluding hydrogens is 185 g/mol. The molecule has 0 saturated carbocycles. The average Bonchev–Trinajstić information content (AvgIpc) is 1.67. The lowest BCUT2D eigenvalue weighted by Gasteiger charge is -2.02. The second-order valence-electron chi connectivity index (χ2n) is 1.33. The van der Waals surface area contributed by atoms with Gasteiger partial charge in [0.1, 0.15) is 6.17 Å². The van der Waals surface area contributed by atoms with E-state index in [0.29, 0.717) is 0 Å². The van der Waals surface area contributed by atoms with Gasteiger partial charge < -0.3 is 0 Å². The highest BCUT2D eigenvalue weighted by Crippen LogP contribution is 2.13. The summed E-state index contributed by atoms with van der Waals surface area (Å²) in [5.41, 5.74) is 0. The smallest absolute Gasteiger partial charge is 0.185 e. The zero-order valence-corrected chi connectivity index (χ0v) is 5.67. The van der Waals surface area contributed by atoms with Crippen LogP contribution < -0.4 is 0 Å². The van der Waals surface area contributed by atoms with Crippen LogP contribution in [0.3, 0.4) is 0 Å². The van der Waals surface area contributed by atoms with Crippen molar-refractivity contribution in [2.45, 2.75) is 17.7 Å². The fourth-order valence-corrected chi connectivity index (χ4v) is 0.495. The third-order valence-electron chi connectivity index (χ3n) is 0.658. The molecule has 0 aliphatic carbocycles. The monoisotopic (exact) mass is 190 g/mol. The van der Waals surface area contributed by atoms with Crippen molar-refractivity contribution in [3.63, 3.8) is 0 Å². The quantitative estimate of drug-likeness (QED) is 0.600. The molecule has 0 aliphatic heterocycles. The first-order chi connectivity index (χ1) is 3.68. The Hall–Kier alpha value is 0.270. The zero-order chi connectivity index (χ0) is 6.57. The Morgan fingerprint density at radius 1 is 1.38 bits per heavy atom. The van der Waals surface area contributed by atoms with E-state index in [1.54, 1.807) is 0 Å². The van der Waals surface area contributed by atoms with Crippen LogP contribution in [-0.4, -0.2) is 17.9 Å². The molecule has 0 bridgehead atoms. The molecule has 0 radical (unpaired) electrons. The van der Waals surface area contributed by atoms with Crippen LogP contribution in [0.25, 0.3) is 0 Å². The fraction of sp³-hybridized carbons (Fsp3) is 1.00. The summed E-state index contributed by atoms with van der Waals surface area (Å²) in [4.78, 5) is 0. The van der Waals surface area contributed by atoms with E-state index in [1.807, 2.05) is 0 Å². The molecule has 0 amide bonds. The molecule has 0 nitrogen and oxygen atoms in total. The maximum absolute atomic E-state index is 11.9. The van der Waals surface area contributed by atoms with E-state index in [2.05, 4.69) is 15.9 Å². The average molecular weight is 191 g/mol. The van der Waals surface area contributed by atoms with Crippen LogP contribution >= 0.6 is 15.9 Å². The molecule has 2 atom stereocenters. The molecule has 0 aromatic rings. The van der Waals surface area contributed by atoms with Gasteiger partial charge in [-0.05, 0) is 15.9 Å². The van der Waals surface area contributed by atoms with Crippen LogP contribution in [0.4, 0.5) is 13.2 Å². The normalized spacial score (nSPS) is 18.0. The Bertz CT molecular complexity index is 57.2. The van der Waals surface area contributed by atoms with E-state index in [1.165, 1.54) is 0 Å². The van der Waals surface area contributed by atoms with Crippen LogP contribution in [0.5, 0.6) is 0 Å². The highest BCUT2D eigenvalue weighted by molar-refractivity contribution is 9.09. The SMILES string of the molecule is FCCC(F)C(F)Br. The predicted molar refractivity (Wildman–Crippen MR) is 29.3 cm³/mol. The number of hydrogen-bond acceptors (Lipinski definition) is 0. The molecule has 50 valence electrons. The van der Waals surface area contributed by atoms with Crippen LogP contribution in [0.15, 0.2) is 0 Å². The van der Waals surface area contributed by atoms with Gasteiger partial charge >= 0.3 is 0 Å². The van der Waals surface area contributed by atoms with Gasteiger partial charge in [-0.2, -0.15) is 0 Å². The van der Waals surface area contributed by atoms with E-state index in [-0.39, 0.29) is 6.42 Å². The maximum Gasteiger partial charge on any atom is 0.185 e. The van der Waals surface area contributed by atoms with Crippen LogP contribution in [0.1, 0.15) is 6.42 Å². The zero-order valence-electron chi connectivity index (χ0n) is 4.08. The Morgan fingerprint density at radius 3 is 2.00 bits per heavy atom. The summed E-state index contributed by atoms with van der Waals surface area (Å²) in [6.45, 7) is -0.812. The number of hydrogen-bond donors (Lipinski definition) is 0. The van der Waals surface area contributed by atoms with Gasteiger partial charge in [-0.3, -0.25) is 4.39 Å². The van der Waals surface area contributed by atoms with E-state index in [9.17, 15) is 13.2 Å². The van der Waals surface area contributed by atoms with Gasteiger partial charge in [-0.15, -0.1) is 0 Å². The Kier molecular flexibility index (Phi) is 4.32. The van der Waals surface area contributed by atoms with E-state index in [0.717, 1.165) is 0 Å². The van der Waals surface area contributed by atoms with E-state index < -0.39 is 17.9 Å². The Labute approximate surface area is 54.2 Å². The molecule has 0 N–H and O–H groups in total. The molecule has 8 heavy (non-hydrogen) atoms. The summed E-state index contributed by atoms with van der Waals surface area (Å²) in [7, 11) is 0. The molecule has 0 spiro atoms. The molecule has 2 unspecified atom stereocenters. The lowest BCUT2D eigenvalue weighted by Crippen LogP contribution is -2.10. The van der Waals surface area contributed by atoms with E-state index in [4.69, 9.17) is 0 Å². The van der Waals surface area contributed by atoms with Crippen molar-refractivity contribution >= 4 is 15.9 Å². The summed E-state index contributed by atoms with van der Waals surface area (Å²) in [6.07, 6.45) is -2.08. The predicted octanol–water partition coefficient (Wildman–Crippen LogP) is 2.37. The largest absolute Gasteiger partial charge is 0.251 e. The highest BCUT2D eigenvalue weighted by atomic mass is 79.9. The molecule has 0 fully saturated rings. The summed E-state index contributed by atoms with van der Waals surface area (Å²) in [5.74, 6) is 0. The van der Waals surface area contributed by atoms with Crippen LogP contribution in [-0.2, 0) is 0 Å². The molecule has 0 heterocycles. The third kappa shape index (κ3) is 3.29. The summed E-state index contributed by atoms with van der Waals surface area (Å²) >= 11 is 2.33. The first kappa shape index (κ1) is 8.27. The van der Waals surface area contributed by atoms with Gasteiger partial charge in [0.25, 0.3) is 0 Å². The van der Waals surface area contributed by atoms with Gasteiger partial charge in [0.15, 0.2) is 5.08 Å². The summed E-state index contributed by atoms with van der Waals surface area (Å²) in [6, 6.07) is 0. The third-order valence-corrected chi connectivity index (χ3v) is 1.23. The minimum Gasteiger partial charge on any atom is -0.251 e. The maximum atomic E-state index is 11.9. The second kappa shape index (κ2) is 4.18. The van der Waals surface area contributed by atoms with Crippen molar-refractivity contribution in [2.24, 2.45) is 0 Å². The van der Waals surface area contributed by atoms with Crippen molar-refractivity contribution in [2.75, 3.05) is 6.67 Å². The van der Waals surface area contributed by atoms with Gasteiger partial charge in [0, 0.05) is 6.42 Å². The first-order valence-corrected chi connectivity index (χ1v) is 3.08. The highest BCUT2D eigenvalue weighted by Gasteiger charge is 2.15. The summed E-state index contributed by atoms with van der Waals surface area (Å²) < 4.78 is 34.7. The van der Waals surface area contributed by atoms with Crippen molar-refractivity contribution in [3.8, 4) is 0 Å². The molecule has 0 aromatic carbocycles. The second-order valence-corrected chi connectivity index (χ2v) is 2.20. The number of halogens is 4. The lowest BCUT2D eigenvalue weighted by atomic mass is 10.3. The Morgan fingerprint density at radius 2 is 1.88 bits per heavy atom. The molecular formula is C4H6BrF3. The summed E-state index contributed by atoms with van der Waals surface area (Å²) in [5, 5.41) is -1.72. The van der Waals surface area contributed by atoms with Crippen molar-refractivity contribution in [1.82, 2.24) is 0 Å². The molecule has 0 aromatic heterocycles. The standard InChI is InChI=1S/C4H6BrF3/c5-4(8)3(7)1-2-6/h3-4H,1-2H2. The first-order valence-electron chi connectivity index (χ1n) is 2.16. The molecule has 4 heteroatoms. The molecule has 0 saturated heterocycles. The van der Waals surface area contributed by atoms with E-state index >= 15 is 0 Å². The lowest BCUT2D eigenvalue weighted by molar-refractivity contribution is 0.212. The topological polar surface area (TPSA) is 0 Å². The van der Waals surface area contributed by atoms with Gasteiger partial charge in [-0.1, -0.05) is 0 Å². The Balaban J connectivity index is 3.17. The minimum absolute atomic E-state index is 0.369. The van der Waals surface area contributed by atoms with Gasteiger partial charge in [0.05, 0.1) is 6.67 Å².